The van der Waals surface area contributed by atoms with E-state index in [9.17, 15) is 0 Å². The van der Waals surface area contributed by atoms with Crippen LogP contribution in [0.15, 0.2) is 34.9 Å². The number of nitrogens with one attached hydrogen (secondary N) is 1. The lowest BCUT2D eigenvalue weighted by Crippen LogP contribution is -2.08. The van der Waals surface area contributed by atoms with Crippen molar-refractivity contribution >= 4 is 6.01 Å². The van der Waals surface area contributed by atoms with E-state index in [0.717, 1.165) is 12.3 Å². The first kappa shape index (κ1) is 13.4. The zero-order valence-electron chi connectivity index (χ0n) is 11.3. The predicted molar refractivity (Wildman–Crippen MR) is 73.3 cm³/mol. The van der Waals surface area contributed by atoms with Gasteiger partial charge >= 0.3 is 6.01 Å². The molecular weight excluding hydrogens is 242 g/mol. The smallest absolute Gasteiger partial charge is 0.321 e. The van der Waals surface area contributed by atoms with E-state index >= 15 is 0 Å². The van der Waals surface area contributed by atoms with Gasteiger partial charge in [0.15, 0.2) is 5.82 Å². The number of hydrogen-bond acceptors (Lipinski definition) is 5. The third kappa shape index (κ3) is 4.62. The highest BCUT2D eigenvalue weighted by molar-refractivity contribution is 5.21. The fourth-order valence-corrected chi connectivity index (χ4v) is 1.50. The Balaban J connectivity index is 1.74. The highest BCUT2D eigenvalue weighted by Crippen LogP contribution is 2.09. The maximum absolute atomic E-state index is 5.58. The first-order valence-electron chi connectivity index (χ1n) is 6.48. The van der Waals surface area contributed by atoms with E-state index in [0.29, 0.717) is 30.8 Å². The molecule has 0 aliphatic heterocycles. The zero-order chi connectivity index (χ0) is 13.5. The SMILES string of the molecule is CC(C)CNc1nc(CCOc2ccccc2)no1. The number of hydrogen-bond donors (Lipinski definition) is 1. The molecule has 2 aromatic rings. The number of ether oxygens (including phenoxy) is 1. The highest BCUT2D eigenvalue weighted by Gasteiger charge is 2.06. The topological polar surface area (TPSA) is 60.2 Å². The van der Waals surface area contributed by atoms with Gasteiger partial charge in [-0.3, -0.25) is 0 Å². The Hall–Kier alpha value is -2.04. The van der Waals surface area contributed by atoms with Gasteiger partial charge in [0.2, 0.25) is 0 Å². The third-order valence-corrected chi connectivity index (χ3v) is 2.47. The highest BCUT2D eigenvalue weighted by atomic mass is 16.5. The predicted octanol–water partition coefficient (Wildman–Crippen LogP) is 2.76. The van der Waals surface area contributed by atoms with Crippen LogP contribution in [0.3, 0.4) is 0 Å². The Morgan fingerprint density at radius 3 is 2.79 bits per heavy atom. The van der Waals surface area contributed by atoms with Crippen LogP contribution in [0.4, 0.5) is 6.01 Å². The molecule has 0 unspecified atom stereocenters. The lowest BCUT2D eigenvalue weighted by atomic mass is 10.2. The molecule has 0 aliphatic rings. The summed E-state index contributed by atoms with van der Waals surface area (Å²) in [5.74, 6) is 2.04. The van der Waals surface area contributed by atoms with Crippen molar-refractivity contribution in [2.24, 2.45) is 5.92 Å². The molecule has 0 fully saturated rings. The Labute approximate surface area is 113 Å². The van der Waals surface area contributed by atoms with Gasteiger partial charge in [-0.05, 0) is 18.1 Å². The van der Waals surface area contributed by atoms with Gasteiger partial charge in [-0.2, -0.15) is 4.98 Å². The van der Waals surface area contributed by atoms with Gasteiger partial charge in [0, 0.05) is 13.0 Å². The van der Waals surface area contributed by atoms with Gasteiger partial charge in [-0.1, -0.05) is 37.2 Å². The normalized spacial score (nSPS) is 10.7. The molecule has 1 aromatic heterocycles. The van der Waals surface area contributed by atoms with Crippen LogP contribution in [0.2, 0.25) is 0 Å². The minimum absolute atomic E-state index is 0.475. The molecule has 0 atom stereocenters. The fourth-order valence-electron chi connectivity index (χ4n) is 1.50. The Morgan fingerprint density at radius 2 is 2.05 bits per heavy atom. The standard InChI is InChI=1S/C14H19N3O2/c1-11(2)10-15-14-16-13(17-19-14)8-9-18-12-6-4-3-5-7-12/h3-7,11H,8-10H2,1-2H3,(H,15,16,17). The molecule has 1 heterocycles. The van der Waals surface area contributed by atoms with Crippen molar-refractivity contribution in [3.63, 3.8) is 0 Å². The lowest BCUT2D eigenvalue weighted by molar-refractivity contribution is 0.315. The summed E-state index contributed by atoms with van der Waals surface area (Å²) in [5, 5.41) is 6.99. The van der Waals surface area contributed by atoms with E-state index in [1.165, 1.54) is 0 Å². The largest absolute Gasteiger partial charge is 0.493 e. The van der Waals surface area contributed by atoms with Crippen molar-refractivity contribution in [1.29, 1.82) is 0 Å². The molecule has 5 nitrogen and oxygen atoms in total. The van der Waals surface area contributed by atoms with Crippen LogP contribution in [0, 0.1) is 5.92 Å². The number of para-hydroxylation sites is 1. The first-order valence-corrected chi connectivity index (χ1v) is 6.48. The van der Waals surface area contributed by atoms with Crippen LogP contribution in [0.25, 0.3) is 0 Å². The third-order valence-electron chi connectivity index (χ3n) is 2.47. The van der Waals surface area contributed by atoms with Gasteiger partial charge in [0.25, 0.3) is 0 Å². The van der Waals surface area contributed by atoms with E-state index in [-0.39, 0.29) is 0 Å². The second-order valence-electron chi connectivity index (χ2n) is 4.70. The quantitative estimate of drug-likeness (QED) is 0.830. The Bertz CT molecular complexity index is 482. The minimum Gasteiger partial charge on any atom is -0.493 e. The van der Waals surface area contributed by atoms with Crippen molar-refractivity contribution in [2.45, 2.75) is 20.3 Å². The summed E-state index contributed by atoms with van der Waals surface area (Å²) in [5.41, 5.74) is 0. The van der Waals surface area contributed by atoms with Crippen LogP contribution in [-0.2, 0) is 6.42 Å². The number of anilines is 1. The summed E-state index contributed by atoms with van der Waals surface area (Å²) in [6, 6.07) is 10.2. The number of rotatable bonds is 7. The van der Waals surface area contributed by atoms with E-state index in [1.807, 2.05) is 30.3 Å². The van der Waals surface area contributed by atoms with Crippen LogP contribution in [-0.4, -0.2) is 23.3 Å². The molecule has 102 valence electrons. The summed E-state index contributed by atoms with van der Waals surface area (Å²) in [6.07, 6.45) is 0.627. The average molecular weight is 261 g/mol. The van der Waals surface area contributed by atoms with Crippen molar-refractivity contribution in [3.05, 3.63) is 36.2 Å². The number of nitrogens with zero attached hydrogens (tertiary/aromatic N) is 2. The second-order valence-corrected chi connectivity index (χ2v) is 4.70. The molecule has 2 rings (SSSR count). The summed E-state index contributed by atoms with van der Waals surface area (Å²) in [7, 11) is 0. The number of benzene rings is 1. The van der Waals surface area contributed by atoms with Crippen molar-refractivity contribution < 1.29 is 9.26 Å². The van der Waals surface area contributed by atoms with Crippen molar-refractivity contribution in [1.82, 2.24) is 10.1 Å². The van der Waals surface area contributed by atoms with Crippen molar-refractivity contribution in [2.75, 3.05) is 18.5 Å². The molecule has 0 amide bonds. The zero-order valence-corrected chi connectivity index (χ0v) is 11.3. The fraction of sp³-hybridized carbons (Fsp3) is 0.429. The molecular formula is C14H19N3O2. The average Bonchev–Trinajstić information content (AvgIpc) is 2.86. The van der Waals surface area contributed by atoms with Gasteiger partial charge in [-0.25, -0.2) is 0 Å². The van der Waals surface area contributed by atoms with E-state index in [4.69, 9.17) is 9.26 Å². The summed E-state index contributed by atoms with van der Waals surface area (Å²) in [4.78, 5) is 4.24. The number of aromatic nitrogens is 2. The van der Waals surface area contributed by atoms with Gasteiger partial charge in [0.05, 0.1) is 6.61 Å². The Kier molecular flexibility index (Phi) is 4.78. The van der Waals surface area contributed by atoms with Gasteiger partial charge in [-0.15, -0.1) is 0 Å². The molecule has 1 N–H and O–H groups in total. The summed E-state index contributed by atoms with van der Waals surface area (Å²) < 4.78 is 10.7. The maximum Gasteiger partial charge on any atom is 0.321 e. The van der Waals surface area contributed by atoms with Gasteiger partial charge < -0.3 is 14.6 Å². The molecule has 1 aromatic carbocycles. The van der Waals surface area contributed by atoms with Crippen LogP contribution >= 0.6 is 0 Å². The maximum atomic E-state index is 5.58. The molecule has 0 bridgehead atoms. The molecule has 0 saturated carbocycles. The summed E-state index contributed by atoms with van der Waals surface area (Å²) >= 11 is 0. The summed E-state index contributed by atoms with van der Waals surface area (Å²) in [6.45, 7) is 5.60. The van der Waals surface area contributed by atoms with Crippen LogP contribution in [0.5, 0.6) is 5.75 Å². The second kappa shape index (κ2) is 6.78. The van der Waals surface area contributed by atoms with Crippen LogP contribution in [0.1, 0.15) is 19.7 Å². The molecule has 0 saturated heterocycles. The van der Waals surface area contributed by atoms with E-state index in [2.05, 4.69) is 29.3 Å². The molecule has 0 spiro atoms. The monoisotopic (exact) mass is 261 g/mol. The van der Waals surface area contributed by atoms with Gasteiger partial charge in [0.1, 0.15) is 5.75 Å². The molecule has 0 radical (unpaired) electrons. The molecule has 0 aliphatic carbocycles. The minimum atomic E-state index is 0.475. The van der Waals surface area contributed by atoms with Crippen molar-refractivity contribution in [3.8, 4) is 5.75 Å². The lowest BCUT2D eigenvalue weighted by Gasteiger charge is -2.03. The van der Waals surface area contributed by atoms with Crippen LogP contribution < -0.4 is 10.1 Å². The van der Waals surface area contributed by atoms with E-state index < -0.39 is 0 Å². The van der Waals surface area contributed by atoms with E-state index in [1.54, 1.807) is 0 Å². The molecule has 19 heavy (non-hydrogen) atoms. The first-order chi connectivity index (χ1) is 9.24. The molecule has 5 heteroatoms. The Morgan fingerprint density at radius 1 is 1.26 bits per heavy atom.